The van der Waals surface area contributed by atoms with Crippen LogP contribution in [0.3, 0.4) is 0 Å². The van der Waals surface area contributed by atoms with E-state index in [0.29, 0.717) is 0 Å². The molecule has 17 heavy (non-hydrogen) atoms. The molecule has 4 nitrogen and oxygen atoms in total. The van der Waals surface area contributed by atoms with Gasteiger partial charge in [-0.2, -0.15) is 0 Å². The second-order valence-electron chi connectivity index (χ2n) is 4.14. The van der Waals surface area contributed by atoms with Crippen LogP contribution in [0.4, 0.5) is 11.6 Å². The van der Waals surface area contributed by atoms with Crippen LogP contribution in [-0.2, 0) is 13.1 Å². The van der Waals surface area contributed by atoms with Crippen molar-refractivity contribution in [1.29, 1.82) is 0 Å². The maximum Gasteiger partial charge on any atom is 0.134 e. The fourth-order valence-electron chi connectivity index (χ4n) is 2.15. The number of rotatable bonds is 2. The molecule has 2 aromatic rings. The molecule has 0 fully saturated rings. The van der Waals surface area contributed by atoms with Gasteiger partial charge in [-0.15, -0.1) is 0 Å². The largest absolute Gasteiger partial charge is 0.373 e. The second-order valence-corrected chi connectivity index (χ2v) is 4.14. The Morgan fingerprint density at radius 1 is 1.12 bits per heavy atom. The molecule has 3 rings (SSSR count). The first-order valence-corrected chi connectivity index (χ1v) is 5.68. The molecular formula is C13H14N4. The molecule has 1 aliphatic rings. The van der Waals surface area contributed by atoms with Crippen molar-refractivity contribution in [2.75, 3.05) is 17.3 Å². The van der Waals surface area contributed by atoms with E-state index in [4.69, 9.17) is 0 Å². The summed E-state index contributed by atoms with van der Waals surface area (Å²) in [7, 11) is 1.87. The summed E-state index contributed by atoms with van der Waals surface area (Å²) in [6, 6.07) is 10.5. The summed E-state index contributed by atoms with van der Waals surface area (Å²) < 4.78 is 0. The van der Waals surface area contributed by atoms with Gasteiger partial charge in [-0.05, 0) is 11.1 Å². The van der Waals surface area contributed by atoms with Gasteiger partial charge in [0.25, 0.3) is 0 Å². The van der Waals surface area contributed by atoms with Crippen molar-refractivity contribution >= 4 is 11.6 Å². The third kappa shape index (κ3) is 1.82. The fourth-order valence-corrected chi connectivity index (χ4v) is 2.15. The van der Waals surface area contributed by atoms with E-state index in [1.165, 1.54) is 11.1 Å². The highest BCUT2D eigenvalue weighted by atomic mass is 15.2. The summed E-state index contributed by atoms with van der Waals surface area (Å²) in [4.78, 5) is 10.7. The Morgan fingerprint density at radius 3 is 2.47 bits per heavy atom. The lowest BCUT2D eigenvalue weighted by atomic mass is 10.1. The van der Waals surface area contributed by atoms with Gasteiger partial charge in [0.2, 0.25) is 0 Å². The monoisotopic (exact) mass is 226 g/mol. The van der Waals surface area contributed by atoms with Crippen molar-refractivity contribution in [2.24, 2.45) is 0 Å². The van der Waals surface area contributed by atoms with Crippen LogP contribution in [0.1, 0.15) is 11.1 Å². The number of benzene rings is 1. The minimum atomic E-state index is 0.853. The molecule has 1 N–H and O–H groups in total. The van der Waals surface area contributed by atoms with Gasteiger partial charge in [-0.25, -0.2) is 9.97 Å². The lowest BCUT2D eigenvalue weighted by molar-refractivity contribution is 0.852. The molecule has 0 amide bonds. The minimum Gasteiger partial charge on any atom is -0.373 e. The number of hydrogen-bond acceptors (Lipinski definition) is 4. The molecule has 0 saturated heterocycles. The molecule has 1 aliphatic heterocycles. The van der Waals surface area contributed by atoms with Gasteiger partial charge in [0.1, 0.15) is 18.0 Å². The Balaban J connectivity index is 1.88. The first kappa shape index (κ1) is 10.1. The van der Waals surface area contributed by atoms with Crippen LogP contribution < -0.4 is 10.2 Å². The van der Waals surface area contributed by atoms with E-state index in [1.54, 1.807) is 6.33 Å². The molecule has 1 aromatic heterocycles. The highest BCUT2D eigenvalue weighted by Crippen LogP contribution is 2.27. The molecule has 86 valence electrons. The Hall–Kier alpha value is -2.10. The topological polar surface area (TPSA) is 41.0 Å². The molecular weight excluding hydrogens is 212 g/mol. The first-order valence-electron chi connectivity index (χ1n) is 5.68. The van der Waals surface area contributed by atoms with Crippen LogP contribution in [0, 0.1) is 0 Å². The fraction of sp³-hybridized carbons (Fsp3) is 0.231. The van der Waals surface area contributed by atoms with Gasteiger partial charge in [-0.1, -0.05) is 24.3 Å². The van der Waals surface area contributed by atoms with Crippen molar-refractivity contribution in [3.8, 4) is 0 Å². The van der Waals surface area contributed by atoms with Gasteiger partial charge < -0.3 is 10.2 Å². The lowest BCUT2D eigenvalue weighted by Crippen LogP contribution is -2.16. The summed E-state index contributed by atoms with van der Waals surface area (Å²) in [5.74, 6) is 1.83. The molecule has 0 bridgehead atoms. The summed E-state index contributed by atoms with van der Waals surface area (Å²) in [6.45, 7) is 1.85. The van der Waals surface area contributed by atoms with Crippen LogP contribution in [0.2, 0.25) is 0 Å². The third-order valence-corrected chi connectivity index (χ3v) is 3.07. The zero-order valence-electron chi connectivity index (χ0n) is 9.72. The predicted molar refractivity (Wildman–Crippen MR) is 67.9 cm³/mol. The lowest BCUT2D eigenvalue weighted by Gasteiger charge is -2.16. The second kappa shape index (κ2) is 4.05. The molecule has 0 aliphatic carbocycles. The number of nitrogens with zero attached hydrogens (tertiary/aromatic N) is 3. The minimum absolute atomic E-state index is 0.853. The predicted octanol–water partition coefficient (Wildman–Crippen LogP) is 2.04. The van der Waals surface area contributed by atoms with Crippen LogP contribution >= 0.6 is 0 Å². The third-order valence-electron chi connectivity index (χ3n) is 3.07. The Kier molecular flexibility index (Phi) is 2.40. The van der Waals surface area contributed by atoms with Gasteiger partial charge in [0.05, 0.1) is 0 Å². The van der Waals surface area contributed by atoms with E-state index in [1.807, 2.05) is 13.1 Å². The van der Waals surface area contributed by atoms with Crippen molar-refractivity contribution in [3.63, 3.8) is 0 Å². The van der Waals surface area contributed by atoms with E-state index in [2.05, 4.69) is 44.5 Å². The van der Waals surface area contributed by atoms with E-state index >= 15 is 0 Å². The Morgan fingerprint density at radius 2 is 1.82 bits per heavy atom. The molecule has 0 radical (unpaired) electrons. The number of fused-ring (bicyclic) bond motifs is 1. The van der Waals surface area contributed by atoms with Gasteiger partial charge in [0, 0.05) is 26.2 Å². The Bertz CT molecular complexity index is 513. The Labute approximate surface area is 100 Å². The molecule has 2 heterocycles. The number of hydrogen-bond donors (Lipinski definition) is 1. The molecule has 4 heteroatoms. The molecule has 0 unspecified atom stereocenters. The van der Waals surface area contributed by atoms with E-state index < -0.39 is 0 Å². The normalized spacial score (nSPS) is 13.6. The van der Waals surface area contributed by atoms with Crippen molar-refractivity contribution in [3.05, 3.63) is 47.8 Å². The maximum absolute atomic E-state index is 4.33. The SMILES string of the molecule is CNc1cc(N2Cc3ccccc3C2)ncn1. The van der Waals surface area contributed by atoms with E-state index in [0.717, 1.165) is 24.7 Å². The number of anilines is 2. The van der Waals surface area contributed by atoms with Crippen molar-refractivity contribution in [2.45, 2.75) is 13.1 Å². The quantitative estimate of drug-likeness (QED) is 0.850. The summed E-state index contributed by atoms with van der Waals surface area (Å²) in [5, 5.41) is 3.03. The average Bonchev–Trinajstić information content (AvgIpc) is 2.82. The van der Waals surface area contributed by atoms with Crippen LogP contribution in [-0.4, -0.2) is 17.0 Å². The van der Waals surface area contributed by atoms with Crippen molar-refractivity contribution < 1.29 is 0 Å². The van der Waals surface area contributed by atoms with Gasteiger partial charge >= 0.3 is 0 Å². The van der Waals surface area contributed by atoms with Crippen molar-refractivity contribution in [1.82, 2.24) is 9.97 Å². The molecule has 0 atom stereocenters. The van der Waals surface area contributed by atoms with Gasteiger partial charge in [-0.3, -0.25) is 0 Å². The summed E-state index contributed by atoms with van der Waals surface area (Å²) in [6.07, 6.45) is 1.60. The van der Waals surface area contributed by atoms with Crippen LogP contribution in [0.15, 0.2) is 36.7 Å². The maximum atomic E-state index is 4.33. The highest BCUT2D eigenvalue weighted by Gasteiger charge is 2.19. The van der Waals surface area contributed by atoms with E-state index in [9.17, 15) is 0 Å². The standard InChI is InChI=1S/C13H14N4/c1-14-12-6-13(16-9-15-12)17-7-10-4-2-3-5-11(10)8-17/h2-6,9H,7-8H2,1H3,(H,14,15,16). The summed E-state index contributed by atoms with van der Waals surface area (Å²) in [5.41, 5.74) is 2.77. The first-order chi connectivity index (χ1) is 8.36. The zero-order valence-corrected chi connectivity index (χ0v) is 9.72. The zero-order chi connectivity index (χ0) is 11.7. The smallest absolute Gasteiger partial charge is 0.134 e. The highest BCUT2D eigenvalue weighted by molar-refractivity contribution is 5.52. The van der Waals surface area contributed by atoms with Crippen LogP contribution in [0.5, 0.6) is 0 Å². The van der Waals surface area contributed by atoms with Crippen LogP contribution in [0.25, 0.3) is 0 Å². The molecule has 0 spiro atoms. The average molecular weight is 226 g/mol. The summed E-state index contributed by atoms with van der Waals surface area (Å²) >= 11 is 0. The van der Waals surface area contributed by atoms with E-state index in [-0.39, 0.29) is 0 Å². The number of aromatic nitrogens is 2. The molecule has 0 saturated carbocycles. The molecule has 1 aromatic carbocycles. The van der Waals surface area contributed by atoms with Gasteiger partial charge in [0.15, 0.2) is 0 Å². The number of nitrogens with one attached hydrogen (secondary N) is 1.